The zero-order chi connectivity index (χ0) is 20.5. The van der Waals surface area contributed by atoms with E-state index in [4.69, 9.17) is 4.52 Å². The van der Waals surface area contributed by atoms with Crippen molar-refractivity contribution in [3.63, 3.8) is 0 Å². The van der Waals surface area contributed by atoms with Crippen LogP contribution in [0.25, 0.3) is 5.52 Å². The van der Waals surface area contributed by atoms with Crippen molar-refractivity contribution in [2.75, 3.05) is 11.9 Å². The third kappa shape index (κ3) is 3.74. The first-order valence-electron chi connectivity index (χ1n) is 9.95. The zero-order valence-electron chi connectivity index (χ0n) is 16.9. The Bertz CT molecular complexity index is 1050. The number of fused-ring (bicyclic) bond motifs is 1. The molecule has 0 saturated carbocycles. The molecule has 3 aromatic rings. The largest absolute Gasteiger partial charge is 0.360 e. The topological polar surface area (TPSA) is 92.7 Å². The van der Waals surface area contributed by atoms with Gasteiger partial charge in [0.25, 0.3) is 5.91 Å². The second-order valence-corrected chi connectivity index (χ2v) is 7.90. The molecule has 3 aromatic heterocycles. The predicted molar refractivity (Wildman–Crippen MR) is 108 cm³/mol. The number of nitrogens with zero attached hydrogens (tertiary/aromatic N) is 4. The van der Waals surface area contributed by atoms with Gasteiger partial charge in [-0.15, -0.1) is 0 Å². The molecule has 1 aliphatic rings. The van der Waals surface area contributed by atoms with Gasteiger partial charge < -0.3 is 19.1 Å². The number of aromatic nitrogens is 3. The van der Waals surface area contributed by atoms with Crippen LogP contribution >= 0.6 is 0 Å². The van der Waals surface area contributed by atoms with Crippen LogP contribution in [0.5, 0.6) is 0 Å². The molecule has 0 spiro atoms. The van der Waals surface area contributed by atoms with Crippen LogP contribution < -0.4 is 5.32 Å². The highest BCUT2D eigenvalue weighted by Gasteiger charge is 2.36. The van der Waals surface area contributed by atoms with Gasteiger partial charge in [-0.1, -0.05) is 25.1 Å². The Hall–Kier alpha value is -3.16. The summed E-state index contributed by atoms with van der Waals surface area (Å²) in [6.07, 6.45) is 4.08. The van der Waals surface area contributed by atoms with Crippen molar-refractivity contribution < 1.29 is 14.1 Å². The molecule has 1 N–H and O–H groups in total. The number of amides is 2. The van der Waals surface area contributed by atoms with Gasteiger partial charge in [0.1, 0.15) is 17.6 Å². The number of likely N-dealkylation sites (tertiary alicyclic amines) is 1. The van der Waals surface area contributed by atoms with E-state index in [9.17, 15) is 9.59 Å². The molecule has 0 aromatic carbocycles. The molecule has 0 aliphatic carbocycles. The molecule has 1 fully saturated rings. The molecule has 8 nitrogen and oxygen atoms in total. The summed E-state index contributed by atoms with van der Waals surface area (Å²) < 4.78 is 6.96. The van der Waals surface area contributed by atoms with Crippen LogP contribution in [-0.4, -0.2) is 43.8 Å². The summed E-state index contributed by atoms with van der Waals surface area (Å²) in [6, 6.07) is 6.83. The van der Waals surface area contributed by atoms with Crippen molar-refractivity contribution in [1.82, 2.24) is 19.4 Å². The quantitative estimate of drug-likeness (QED) is 0.717. The number of anilines is 1. The molecular weight excluding hydrogens is 370 g/mol. The maximum Gasteiger partial charge on any atom is 0.275 e. The summed E-state index contributed by atoms with van der Waals surface area (Å²) in [5, 5.41) is 6.55. The molecule has 1 atom stereocenters. The van der Waals surface area contributed by atoms with Gasteiger partial charge in [-0.2, -0.15) is 0 Å². The lowest BCUT2D eigenvalue weighted by molar-refractivity contribution is -0.119. The van der Waals surface area contributed by atoms with Crippen LogP contribution in [-0.2, 0) is 11.2 Å². The maximum absolute atomic E-state index is 13.4. The Balaban J connectivity index is 1.60. The van der Waals surface area contributed by atoms with E-state index in [0.29, 0.717) is 36.2 Å². The monoisotopic (exact) mass is 395 g/mol. The van der Waals surface area contributed by atoms with E-state index >= 15 is 0 Å². The molecule has 1 saturated heterocycles. The second kappa shape index (κ2) is 7.69. The summed E-state index contributed by atoms with van der Waals surface area (Å²) in [5.41, 5.74) is 1.17. The highest BCUT2D eigenvalue weighted by atomic mass is 16.5. The molecule has 4 heterocycles. The Labute approximate surface area is 168 Å². The summed E-state index contributed by atoms with van der Waals surface area (Å²) in [4.78, 5) is 32.4. The molecule has 4 rings (SSSR count). The highest BCUT2D eigenvalue weighted by molar-refractivity contribution is 6.03. The average Bonchev–Trinajstić information content (AvgIpc) is 3.40. The number of aryl methyl sites for hydroxylation is 1. The van der Waals surface area contributed by atoms with Crippen molar-refractivity contribution in [2.45, 2.75) is 46.1 Å². The van der Waals surface area contributed by atoms with Crippen LogP contribution in [0, 0.1) is 12.8 Å². The number of nitrogens with one attached hydrogen (secondary N) is 1. The smallest absolute Gasteiger partial charge is 0.275 e. The first-order chi connectivity index (χ1) is 13.9. The standard InChI is InChI=1S/C21H25N5O3/c1-13(2)11-18-23-19(15-7-4-5-9-25(15)18)21(28)26-10-6-8-16(26)20(27)22-17-12-14(3)29-24-17/h4-5,7,9,12-13,16H,6,8,10-11H2,1-3H3,(H,22,24,27). The van der Waals surface area contributed by atoms with Crippen LogP contribution in [0.3, 0.4) is 0 Å². The Morgan fingerprint density at radius 2 is 2.17 bits per heavy atom. The van der Waals surface area contributed by atoms with Crippen molar-refractivity contribution >= 4 is 23.1 Å². The fraction of sp³-hybridized carbons (Fsp3) is 0.429. The SMILES string of the molecule is Cc1cc(NC(=O)C2CCCN2C(=O)c2nc(CC(C)C)n3ccccc23)no1. The van der Waals surface area contributed by atoms with Gasteiger partial charge in [0, 0.05) is 25.2 Å². The summed E-state index contributed by atoms with van der Waals surface area (Å²) >= 11 is 0. The van der Waals surface area contributed by atoms with Gasteiger partial charge >= 0.3 is 0 Å². The van der Waals surface area contributed by atoms with Gasteiger partial charge in [0.2, 0.25) is 5.91 Å². The van der Waals surface area contributed by atoms with E-state index in [1.807, 2.05) is 28.8 Å². The van der Waals surface area contributed by atoms with Crippen molar-refractivity contribution in [1.29, 1.82) is 0 Å². The minimum absolute atomic E-state index is 0.210. The third-order valence-electron chi connectivity index (χ3n) is 5.11. The van der Waals surface area contributed by atoms with E-state index in [1.54, 1.807) is 17.9 Å². The minimum Gasteiger partial charge on any atom is -0.360 e. The summed E-state index contributed by atoms with van der Waals surface area (Å²) in [5.74, 6) is 1.78. The fourth-order valence-corrected chi connectivity index (χ4v) is 3.82. The molecule has 152 valence electrons. The van der Waals surface area contributed by atoms with Crippen LogP contribution in [0.15, 0.2) is 35.0 Å². The van der Waals surface area contributed by atoms with Gasteiger partial charge in [0.15, 0.2) is 11.5 Å². The van der Waals surface area contributed by atoms with Gasteiger partial charge in [-0.05, 0) is 37.8 Å². The predicted octanol–water partition coefficient (Wildman–Crippen LogP) is 3.07. The number of carbonyl (C=O) groups is 2. The Morgan fingerprint density at radius 3 is 2.90 bits per heavy atom. The lowest BCUT2D eigenvalue weighted by Gasteiger charge is -2.22. The Morgan fingerprint density at radius 1 is 1.34 bits per heavy atom. The van der Waals surface area contributed by atoms with Crippen LogP contribution in [0.4, 0.5) is 5.82 Å². The van der Waals surface area contributed by atoms with E-state index in [1.165, 1.54) is 0 Å². The summed E-state index contributed by atoms with van der Waals surface area (Å²) in [7, 11) is 0. The van der Waals surface area contributed by atoms with E-state index in [2.05, 4.69) is 29.3 Å². The average molecular weight is 395 g/mol. The number of carbonyl (C=O) groups excluding carboxylic acids is 2. The van der Waals surface area contributed by atoms with E-state index in [0.717, 1.165) is 24.2 Å². The van der Waals surface area contributed by atoms with Crippen molar-refractivity contribution in [3.8, 4) is 0 Å². The minimum atomic E-state index is -0.548. The van der Waals surface area contributed by atoms with Crippen molar-refractivity contribution in [3.05, 3.63) is 47.7 Å². The van der Waals surface area contributed by atoms with Crippen molar-refractivity contribution in [2.24, 2.45) is 5.92 Å². The molecular formula is C21H25N5O3. The first kappa shape index (κ1) is 19.2. The lowest BCUT2D eigenvalue weighted by atomic mass is 10.1. The highest BCUT2D eigenvalue weighted by Crippen LogP contribution is 2.24. The van der Waals surface area contributed by atoms with Crippen LogP contribution in [0.1, 0.15) is 48.8 Å². The zero-order valence-corrected chi connectivity index (χ0v) is 16.9. The molecule has 1 unspecified atom stereocenters. The number of imidazole rings is 1. The molecule has 8 heteroatoms. The third-order valence-corrected chi connectivity index (χ3v) is 5.11. The fourth-order valence-electron chi connectivity index (χ4n) is 3.82. The number of rotatable bonds is 5. The molecule has 0 bridgehead atoms. The van der Waals surface area contributed by atoms with Gasteiger partial charge in [-0.3, -0.25) is 9.59 Å². The second-order valence-electron chi connectivity index (χ2n) is 7.90. The number of hydrogen-bond donors (Lipinski definition) is 1. The summed E-state index contributed by atoms with van der Waals surface area (Å²) in [6.45, 7) is 6.53. The maximum atomic E-state index is 13.4. The molecule has 2 amide bonds. The van der Waals surface area contributed by atoms with E-state index < -0.39 is 6.04 Å². The van der Waals surface area contributed by atoms with Crippen LogP contribution in [0.2, 0.25) is 0 Å². The number of hydrogen-bond acceptors (Lipinski definition) is 5. The lowest BCUT2D eigenvalue weighted by Crippen LogP contribution is -2.43. The van der Waals surface area contributed by atoms with Gasteiger partial charge in [-0.25, -0.2) is 4.98 Å². The molecule has 1 aliphatic heterocycles. The van der Waals surface area contributed by atoms with Gasteiger partial charge in [0.05, 0.1) is 5.52 Å². The normalized spacial score (nSPS) is 16.7. The first-order valence-corrected chi connectivity index (χ1v) is 9.95. The van der Waals surface area contributed by atoms with E-state index in [-0.39, 0.29) is 11.8 Å². The Kier molecular flexibility index (Phi) is 5.08. The number of pyridine rings is 1. The molecule has 0 radical (unpaired) electrons. The molecule has 29 heavy (non-hydrogen) atoms.